The van der Waals surface area contributed by atoms with Gasteiger partial charge >= 0.3 is 0 Å². The van der Waals surface area contributed by atoms with E-state index in [1.165, 1.54) is 0 Å². The molecular formula is C12H18O6S2. The minimum Gasteiger partial charge on any atom is -0.388 e. The van der Waals surface area contributed by atoms with Gasteiger partial charge in [-0.3, -0.25) is 0 Å². The van der Waals surface area contributed by atoms with Crippen LogP contribution in [-0.4, -0.2) is 83.8 Å². The predicted molar refractivity (Wildman–Crippen MR) is 73.7 cm³/mol. The molecule has 114 valence electrons. The van der Waals surface area contributed by atoms with Gasteiger partial charge in [-0.1, -0.05) is 21.6 Å². The van der Waals surface area contributed by atoms with E-state index in [2.05, 4.69) is 0 Å². The number of ether oxygens (including phenoxy) is 4. The van der Waals surface area contributed by atoms with E-state index in [0.29, 0.717) is 26.4 Å². The van der Waals surface area contributed by atoms with Crippen LogP contribution in [0.3, 0.4) is 0 Å². The number of aliphatic hydroxyl groups excluding tert-OH is 2. The lowest BCUT2D eigenvalue weighted by molar-refractivity contribution is 0.0188. The molecule has 0 aromatic heterocycles. The maximum atomic E-state index is 9.72. The Morgan fingerprint density at radius 3 is 1.45 bits per heavy atom. The van der Waals surface area contributed by atoms with Gasteiger partial charge in [0.15, 0.2) is 0 Å². The Hall–Kier alpha value is 0.460. The molecule has 0 radical (unpaired) electrons. The fourth-order valence-corrected chi connectivity index (χ4v) is 6.28. The first kappa shape index (κ1) is 14.1. The molecule has 4 fully saturated rings. The molecule has 0 aromatic carbocycles. The van der Waals surface area contributed by atoms with Gasteiger partial charge in [0.05, 0.1) is 36.9 Å². The van der Waals surface area contributed by atoms with Gasteiger partial charge in [-0.25, -0.2) is 0 Å². The zero-order valence-corrected chi connectivity index (χ0v) is 12.4. The maximum absolute atomic E-state index is 9.72. The third-order valence-corrected chi connectivity index (χ3v) is 7.50. The molecule has 0 aliphatic carbocycles. The van der Waals surface area contributed by atoms with Crippen molar-refractivity contribution in [1.82, 2.24) is 0 Å². The van der Waals surface area contributed by atoms with Crippen LogP contribution in [0.5, 0.6) is 0 Å². The number of hydrogen-bond donors (Lipinski definition) is 2. The Morgan fingerprint density at radius 1 is 0.600 bits per heavy atom. The summed E-state index contributed by atoms with van der Waals surface area (Å²) in [7, 11) is 3.45. The standard InChI is InChI=1S/C12H18O6S2/c13-5-1-15-11-7(3-17-9(5)11)19-20-8-4-18-10-6(14)2-16-12(8)10/h5-14H,1-4H2/t5-,6-,7+,8+,9-,10-,11-,12-/m1/s1. The van der Waals surface area contributed by atoms with E-state index >= 15 is 0 Å². The van der Waals surface area contributed by atoms with E-state index in [1.807, 2.05) is 0 Å². The monoisotopic (exact) mass is 322 g/mol. The van der Waals surface area contributed by atoms with Gasteiger partial charge in [-0.2, -0.15) is 0 Å². The summed E-state index contributed by atoms with van der Waals surface area (Å²) in [5.41, 5.74) is 0. The summed E-state index contributed by atoms with van der Waals surface area (Å²) in [6.45, 7) is 1.94. The quantitative estimate of drug-likeness (QED) is 0.669. The van der Waals surface area contributed by atoms with Crippen molar-refractivity contribution in [2.24, 2.45) is 0 Å². The van der Waals surface area contributed by atoms with E-state index < -0.39 is 12.2 Å². The molecule has 0 saturated carbocycles. The average molecular weight is 322 g/mol. The molecule has 0 spiro atoms. The highest BCUT2D eigenvalue weighted by Crippen LogP contribution is 2.45. The highest BCUT2D eigenvalue weighted by Gasteiger charge is 2.50. The third-order valence-electron chi connectivity index (χ3n) is 4.27. The topological polar surface area (TPSA) is 77.4 Å². The molecule has 0 aromatic rings. The van der Waals surface area contributed by atoms with Crippen LogP contribution in [-0.2, 0) is 18.9 Å². The van der Waals surface area contributed by atoms with Crippen molar-refractivity contribution in [3.05, 3.63) is 0 Å². The van der Waals surface area contributed by atoms with E-state index in [1.54, 1.807) is 21.6 Å². The Bertz CT molecular complexity index is 338. The lowest BCUT2D eigenvalue weighted by Crippen LogP contribution is -2.31. The van der Waals surface area contributed by atoms with E-state index in [4.69, 9.17) is 18.9 Å². The number of aliphatic hydroxyl groups is 2. The van der Waals surface area contributed by atoms with Crippen LogP contribution in [0.4, 0.5) is 0 Å². The van der Waals surface area contributed by atoms with Crippen molar-refractivity contribution < 1.29 is 29.2 Å². The lowest BCUT2D eigenvalue weighted by atomic mass is 10.1. The molecule has 4 rings (SSSR count). The summed E-state index contributed by atoms with van der Waals surface area (Å²) in [5.74, 6) is 0. The highest BCUT2D eigenvalue weighted by molar-refractivity contribution is 8.77. The Balaban J connectivity index is 1.31. The van der Waals surface area contributed by atoms with Crippen LogP contribution < -0.4 is 0 Å². The SMILES string of the molecule is O[C@@H]1CO[C@H]2[C@@H]1OC[C@@H]2SS[C@H]1CO[C@H]2[C@@H]1OC[C@H]2O. The fraction of sp³-hybridized carbons (Fsp3) is 1.00. The molecule has 0 bridgehead atoms. The zero-order valence-electron chi connectivity index (χ0n) is 10.8. The lowest BCUT2D eigenvalue weighted by Gasteiger charge is -2.19. The second-order valence-electron chi connectivity index (χ2n) is 5.60. The van der Waals surface area contributed by atoms with Gasteiger partial charge in [0.25, 0.3) is 0 Å². The Labute approximate surface area is 124 Å². The molecule has 20 heavy (non-hydrogen) atoms. The molecule has 8 atom stereocenters. The molecule has 4 heterocycles. The van der Waals surface area contributed by atoms with Gasteiger partial charge in [0.1, 0.15) is 36.6 Å². The zero-order chi connectivity index (χ0) is 13.7. The summed E-state index contributed by atoms with van der Waals surface area (Å²) >= 11 is 0. The predicted octanol–water partition coefficient (Wildman–Crippen LogP) is -0.578. The first-order chi connectivity index (χ1) is 9.74. The molecular weight excluding hydrogens is 304 g/mol. The van der Waals surface area contributed by atoms with Gasteiger partial charge in [0, 0.05) is 0 Å². The molecule has 4 aliphatic heterocycles. The number of rotatable bonds is 3. The minimum atomic E-state index is -0.497. The fourth-order valence-electron chi connectivity index (χ4n) is 3.20. The van der Waals surface area contributed by atoms with Crippen molar-refractivity contribution in [3.8, 4) is 0 Å². The molecule has 4 aliphatic rings. The van der Waals surface area contributed by atoms with Gasteiger partial charge in [-0.05, 0) is 0 Å². The van der Waals surface area contributed by atoms with Crippen LogP contribution in [0, 0.1) is 0 Å². The molecule has 0 unspecified atom stereocenters. The summed E-state index contributed by atoms with van der Waals surface area (Å²) < 4.78 is 22.4. The second kappa shape index (κ2) is 5.58. The van der Waals surface area contributed by atoms with Crippen LogP contribution in [0.25, 0.3) is 0 Å². The largest absolute Gasteiger partial charge is 0.388 e. The maximum Gasteiger partial charge on any atom is 0.113 e. The number of hydrogen-bond acceptors (Lipinski definition) is 8. The average Bonchev–Trinajstić information content (AvgIpc) is 3.15. The highest BCUT2D eigenvalue weighted by atomic mass is 33.1. The molecule has 6 nitrogen and oxygen atoms in total. The van der Waals surface area contributed by atoms with Crippen molar-refractivity contribution in [2.75, 3.05) is 26.4 Å². The smallest absolute Gasteiger partial charge is 0.113 e. The normalized spacial score (nSPS) is 54.3. The third kappa shape index (κ3) is 2.30. The van der Waals surface area contributed by atoms with Gasteiger partial charge in [0.2, 0.25) is 0 Å². The van der Waals surface area contributed by atoms with Crippen LogP contribution >= 0.6 is 21.6 Å². The summed E-state index contributed by atoms with van der Waals surface area (Å²) in [5, 5.41) is 19.9. The Morgan fingerprint density at radius 2 is 1.00 bits per heavy atom. The van der Waals surface area contributed by atoms with Crippen LogP contribution in [0.15, 0.2) is 0 Å². The molecule has 2 N–H and O–H groups in total. The van der Waals surface area contributed by atoms with E-state index in [-0.39, 0.29) is 34.9 Å². The first-order valence-corrected chi connectivity index (χ1v) is 9.16. The second-order valence-corrected chi connectivity index (χ2v) is 8.35. The summed E-state index contributed by atoms with van der Waals surface area (Å²) in [4.78, 5) is 0. The minimum absolute atomic E-state index is 0.0179. The van der Waals surface area contributed by atoms with Crippen molar-refractivity contribution in [2.45, 2.75) is 47.1 Å². The van der Waals surface area contributed by atoms with Crippen molar-refractivity contribution >= 4 is 21.6 Å². The van der Waals surface area contributed by atoms with E-state index in [9.17, 15) is 10.2 Å². The molecule has 0 amide bonds. The van der Waals surface area contributed by atoms with Gasteiger partial charge < -0.3 is 29.2 Å². The van der Waals surface area contributed by atoms with Crippen molar-refractivity contribution in [1.29, 1.82) is 0 Å². The summed E-state index contributed by atoms with van der Waals surface area (Å²) in [6.07, 6.45) is -1.38. The first-order valence-electron chi connectivity index (χ1n) is 6.88. The van der Waals surface area contributed by atoms with E-state index in [0.717, 1.165) is 0 Å². The van der Waals surface area contributed by atoms with Gasteiger partial charge in [-0.15, -0.1) is 0 Å². The van der Waals surface area contributed by atoms with Crippen molar-refractivity contribution in [3.63, 3.8) is 0 Å². The molecule has 8 heteroatoms. The Kier molecular flexibility index (Phi) is 3.93. The molecule has 4 saturated heterocycles. The van der Waals surface area contributed by atoms with Crippen LogP contribution in [0.2, 0.25) is 0 Å². The van der Waals surface area contributed by atoms with Crippen LogP contribution in [0.1, 0.15) is 0 Å². The number of fused-ring (bicyclic) bond motifs is 2. The summed E-state index contributed by atoms with van der Waals surface area (Å²) in [6, 6.07) is 0.